The number of aromatic nitrogens is 2. The van der Waals surface area contributed by atoms with Crippen molar-refractivity contribution in [2.45, 2.75) is 52.4 Å². The summed E-state index contributed by atoms with van der Waals surface area (Å²) >= 11 is 0. The second-order valence-corrected chi connectivity index (χ2v) is 11.2. The SMILES string of the molecule is C[C@H]1C[C@@H](n2c(Nc3ccc(OC(F)(F)F)cc3)nc3cc(-c4cccc(C(=O)O)c4)ccc32)CC(C)(C)C1. The Hall–Kier alpha value is -4.01. The number of imidazole rings is 1. The zero-order valence-corrected chi connectivity index (χ0v) is 21.9. The number of carboxylic acids is 1. The number of ether oxygens (including phenoxy) is 1. The molecule has 0 radical (unpaired) electrons. The molecule has 1 fully saturated rings. The summed E-state index contributed by atoms with van der Waals surface area (Å²) in [4.78, 5) is 16.4. The van der Waals surface area contributed by atoms with Crippen molar-refractivity contribution >= 4 is 28.6 Å². The Labute approximate surface area is 224 Å². The highest BCUT2D eigenvalue weighted by Gasteiger charge is 2.35. The van der Waals surface area contributed by atoms with Crippen LogP contribution in [0, 0.1) is 11.3 Å². The van der Waals surface area contributed by atoms with E-state index in [-0.39, 0.29) is 22.8 Å². The molecule has 0 bridgehead atoms. The summed E-state index contributed by atoms with van der Waals surface area (Å²) in [6.07, 6.45) is -1.69. The van der Waals surface area contributed by atoms with Crippen molar-refractivity contribution < 1.29 is 27.8 Å². The molecule has 1 saturated carbocycles. The Morgan fingerprint density at radius 1 is 1.05 bits per heavy atom. The maximum Gasteiger partial charge on any atom is 0.573 e. The normalized spacial score (nSPS) is 19.1. The number of halogens is 3. The molecule has 9 heteroatoms. The highest BCUT2D eigenvalue weighted by Crippen LogP contribution is 2.46. The van der Waals surface area contributed by atoms with Crippen LogP contribution in [0.5, 0.6) is 5.75 Å². The summed E-state index contributed by atoms with van der Waals surface area (Å²) in [7, 11) is 0. The minimum absolute atomic E-state index is 0.143. The molecule has 1 aliphatic carbocycles. The van der Waals surface area contributed by atoms with Gasteiger partial charge in [0.15, 0.2) is 0 Å². The van der Waals surface area contributed by atoms with E-state index in [4.69, 9.17) is 4.98 Å². The Kier molecular flexibility index (Phi) is 6.78. The number of alkyl halides is 3. The van der Waals surface area contributed by atoms with Crippen LogP contribution >= 0.6 is 0 Å². The fraction of sp³-hybridized carbons (Fsp3) is 0.333. The van der Waals surface area contributed by atoms with E-state index in [2.05, 4.69) is 35.4 Å². The van der Waals surface area contributed by atoms with Crippen molar-refractivity contribution in [2.75, 3.05) is 5.32 Å². The van der Waals surface area contributed by atoms with Gasteiger partial charge in [-0.1, -0.05) is 39.0 Å². The molecular formula is C30H30F3N3O3. The van der Waals surface area contributed by atoms with Gasteiger partial charge in [0.2, 0.25) is 5.95 Å². The number of carbonyl (C=O) groups is 1. The van der Waals surface area contributed by atoms with Gasteiger partial charge in [0.25, 0.3) is 0 Å². The molecule has 3 aromatic carbocycles. The molecule has 5 rings (SSSR count). The molecule has 0 amide bonds. The number of nitrogens with zero attached hydrogens (tertiary/aromatic N) is 2. The summed E-state index contributed by atoms with van der Waals surface area (Å²) in [5.74, 6) is -0.172. The standard InChI is InChI=1S/C30H30F3N3O3/c1-18-13-23(17-29(2,3)16-18)36-26-12-7-20(19-5-4-6-21(14-19)27(37)38)15-25(26)35-28(36)34-22-8-10-24(11-9-22)39-30(31,32)33/h4-12,14-15,18,23H,13,16-17H2,1-3H3,(H,34,35)(H,37,38)/t18-,23+/m0/s1. The Morgan fingerprint density at radius 3 is 2.44 bits per heavy atom. The molecule has 0 spiro atoms. The van der Waals surface area contributed by atoms with Crippen LogP contribution in [0.3, 0.4) is 0 Å². The fourth-order valence-electron chi connectivity index (χ4n) is 5.93. The van der Waals surface area contributed by atoms with E-state index in [1.807, 2.05) is 24.3 Å². The fourth-order valence-corrected chi connectivity index (χ4v) is 5.93. The molecule has 1 aliphatic rings. The third-order valence-electron chi connectivity index (χ3n) is 7.21. The molecule has 204 valence electrons. The molecule has 0 unspecified atom stereocenters. The first-order valence-corrected chi connectivity index (χ1v) is 12.9. The second kappa shape index (κ2) is 9.94. The van der Waals surface area contributed by atoms with E-state index in [1.54, 1.807) is 18.2 Å². The van der Waals surface area contributed by atoms with Crippen molar-refractivity contribution in [3.05, 3.63) is 72.3 Å². The number of nitrogens with one attached hydrogen (secondary N) is 1. The van der Waals surface area contributed by atoms with E-state index in [0.717, 1.165) is 41.4 Å². The smallest absolute Gasteiger partial charge is 0.478 e. The zero-order valence-electron chi connectivity index (χ0n) is 21.9. The van der Waals surface area contributed by atoms with Gasteiger partial charge in [0, 0.05) is 11.7 Å². The van der Waals surface area contributed by atoms with Gasteiger partial charge in [-0.05, 0) is 90.3 Å². The first kappa shape index (κ1) is 26.6. The van der Waals surface area contributed by atoms with Gasteiger partial charge in [0.1, 0.15) is 5.75 Å². The highest BCUT2D eigenvalue weighted by molar-refractivity contribution is 5.90. The van der Waals surface area contributed by atoms with Gasteiger partial charge < -0.3 is 19.7 Å². The predicted molar refractivity (Wildman–Crippen MR) is 144 cm³/mol. The van der Waals surface area contributed by atoms with Gasteiger partial charge in [-0.25, -0.2) is 9.78 Å². The summed E-state index contributed by atoms with van der Waals surface area (Å²) < 4.78 is 44.0. The maximum absolute atomic E-state index is 12.6. The summed E-state index contributed by atoms with van der Waals surface area (Å²) in [5.41, 5.74) is 4.22. The van der Waals surface area contributed by atoms with E-state index < -0.39 is 12.3 Å². The number of carboxylic acid groups (broad SMARTS) is 1. The van der Waals surface area contributed by atoms with E-state index >= 15 is 0 Å². The van der Waals surface area contributed by atoms with E-state index in [9.17, 15) is 23.1 Å². The first-order chi connectivity index (χ1) is 18.4. The third kappa shape index (κ3) is 6.02. The lowest BCUT2D eigenvalue weighted by atomic mass is 9.70. The Bertz CT molecular complexity index is 1510. The molecule has 2 atom stereocenters. The van der Waals surface area contributed by atoms with Crippen LogP contribution < -0.4 is 10.1 Å². The average Bonchev–Trinajstić information content (AvgIpc) is 3.20. The van der Waals surface area contributed by atoms with Crippen LogP contribution in [-0.4, -0.2) is 27.0 Å². The summed E-state index contributed by atoms with van der Waals surface area (Å²) in [6, 6.07) is 18.4. The zero-order chi connectivity index (χ0) is 27.9. The molecule has 1 heterocycles. The lowest BCUT2D eigenvalue weighted by Gasteiger charge is -2.40. The van der Waals surface area contributed by atoms with Gasteiger partial charge in [-0.3, -0.25) is 0 Å². The van der Waals surface area contributed by atoms with E-state index in [1.165, 1.54) is 24.3 Å². The second-order valence-electron chi connectivity index (χ2n) is 11.2. The Morgan fingerprint density at radius 2 is 1.77 bits per heavy atom. The van der Waals surface area contributed by atoms with Crippen LogP contribution in [0.1, 0.15) is 56.4 Å². The number of hydrogen-bond acceptors (Lipinski definition) is 4. The minimum atomic E-state index is -4.75. The molecule has 4 aromatic rings. The van der Waals surface area contributed by atoms with Crippen molar-refractivity contribution in [3.8, 4) is 16.9 Å². The van der Waals surface area contributed by atoms with E-state index in [0.29, 0.717) is 17.6 Å². The van der Waals surface area contributed by atoms with Crippen molar-refractivity contribution in [3.63, 3.8) is 0 Å². The minimum Gasteiger partial charge on any atom is -0.478 e. The van der Waals surface area contributed by atoms with Crippen LogP contribution in [0.4, 0.5) is 24.8 Å². The molecule has 0 saturated heterocycles. The van der Waals surface area contributed by atoms with Crippen LogP contribution in [-0.2, 0) is 0 Å². The molecule has 6 nitrogen and oxygen atoms in total. The van der Waals surface area contributed by atoms with Crippen molar-refractivity contribution in [2.24, 2.45) is 11.3 Å². The quantitative estimate of drug-likeness (QED) is 0.258. The number of benzene rings is 3. The third-order valence-corrected chi connectivity index (χ3v) is 7.21. The topological polar surface area (TPSA) is 76.4 Å². The van der Waals surface area contributed by atoms with Crippen LogP contribution in [0.2, 0.25) is 0 Å². The number of anilines is 2. The number of aromatic carboxylic acids is 1. The highest BCUT2D eigenvalue weighted by atomic mass is 19.4. The lowest BCUT2D eigenvalue weighted by molar-refractivity contribution is -0.274. The van der Waals surface area contributed by atoms with Gasteiger partial charge in [-0.2, -0.15) is 0 Å². The average molecular weight is 538 g/mol. The monoisotopic (exact) mass is 537 g/mol. The maximum atomic E-state index is 12.6. The molecule has 1 aromatic heterocycles. The largest absolute Gasteiger partial charge is 0.573 e. The van der Waals surface area contributed by atoms with Crippen molar-refractivity contribution in [1.82, 2.24) is 9.55 Å². The van der Waals surface area contributed by atoms with Gasteiger partial charge in [-0.15, -0.1) is 13.2 Å². The predicted octanol–water partition coefficient (Wildman–Crippen LogP) is 8.43. The van der Waals surface area contributed by atoms with Crippen molar-refractivity contribution in [1.29, 1.82) is 0 Å². The summed E-state index contributed by atoms with van der Waals surface area (Å²) in [5, 5.41) is 12.7. The van der Waals surface area contributed by atoms with Crippen LogP contribution in [0.25, 0.3) is 22.2 Å². The van der Waals surface area contributed by atoms with Crippen LogP contribution in [0.15, 0.2) is 66.7 Å². The number of hydrogen-bond donors (Lipinski definition) is 2. The molecule has 39 heavy (non-hydrogen) atoms. The van der Waals surface area contributed by atoms with Gasteiger partial charge >= 0.3 is 12.3 Å². The molecule has 2 N–H and O–H groups in total. The molecule has 0 aliphatic heterocycles. The summed E-state index contributed by atoms with van der Waals surface area (Å²) in [6.45, 7) is 6.80. The van der Waals surface area contributed by atoms with Gasteiger partial charge in [0.05, 0.1) is 16.6 Å². The first-order valence-electron chi connectivity index (χ1n) is 12.9. The molecular weight excluding hydrogens is 507 g/mol. The number of rotatable bonds is 6. The number of fused-ring (bicyclic) bond motifs is 1. The lowest BCUT2D eigenvalue weighted by Crippen LogP contribution is -2.29. The Balaban J connectivity index is 1.56.